The number of hydrogen-bond acceptors (Lipinski definition) is 3. The van der Waals surface area contributed by atoms with E-state index in [1.807, 2.05) is 19.2 Å². The SMILES string of the molecule is CN(CC1CCC1)c1ccc(/C=C/C(=O)O)cc1C#N. The van der Waals surface area contributed by atoms with Crippen molar-refractivity contribution in [2.75, 3.05) is 18.5 Å². The second-order valence-corrected chi connectivity index (χ2v) is 5.24. The summed E-state index contributed by atoms with van der Waals surface area (Å²) >= 11 is 0. The lowest BCUT2D eigenvalue weighted by Gasteiger charge is -2.31. The first-order valence-corrected chi connectivity index (χ1v) is 6.76. The van der Waals surface area contributed by atoms with Crippen molar-refractivity contribution in [3.63, 3.8) is 0 Å². The molecule has 4 heteroatoms. The molecule has 0 spiro atoms. The minimum atomic E-state index is -0.991. The van der Waals surface area contributed by atoms with Gasteiger partial charge in [0.15, 0.2) is 0 Å². The molecule has 1 saturated carbocycles. The van der Waals surface area contributed by atoms with Crippen molar-refractivity contribution in [2.45, 2.75) is 19.3 Å². The molecule has 0 heterocycles. The Bertz CT molecular complexity index is 568. The molecular formula is C16H18N2O2. The zero-order chi connectivity index (χ0) is 14.5. The Kier molecular flexibility index (Phi) is 4.41. The minimum absolute atomic E-state index is 0.583. The van der Waals surface area contributed by atoms with Crippen LogP contribution in [0.3, 0.4) is 0 Å². The maximum absolute atomic E-state index is 10.5. The van der Waals surface area contributed by atoms with E-state index in [9.17, 15) is 10.1 Å². The molecule has 0 bridgehead atoms. The Morgan fingerprint density at radius 1 is 1.55 bits per heavy atom. The Hall–Kier alpha value is -2.28. The van der Waals surface area contributed by atoms with Gasteiger partial charge in [-0.1, -0.05) is 12.5 Å². The molecule has 4 nitrogen and oxygen atoms in total. The zero-order valence-electron chi connectivity index (χ0n) is 11.5. The highest BCUT2D eigenvalue weighted by Gasteiger charge is 2.20. The van der Waals surface area contributed by atoms with E-state index in [2.05, 4.69) is 11.0 Å². The molecule has 1 N–H and O–H groups in total. The molecule has 2 rings (SSSR count). The van der Waals surface area contributed by atoms with Crippen molar-refractivity contribution in [1.82, 2.24) is 0 Å². The molecule has 0 atom stereocenters. The summed E-state index contributed by atoms with van der Waals surface area (Å²) < 4.78 is 0. The van der Waals surface area contributed by atoms with Crippen LogP contribution in [-0.4, -0.2) is 24.7 Å². The molecule has 104 valence electrons. The fourth-order valence-corrected chi connectivity index (χ4v) is 2.41. The Labute approximate surface area is 118 Å². The molecule has 1 aliphatic rings. The number of aliphatic carboxylic acids is 1. The number of carboxylic acids is 1. The topological polar surface area (TPSA) is 64.3 Å². The Balaban J connectivity index is 2.16. The number of carboxylic acid groups (broad SMARTS) is 1. The monoisotopic (exact) mass is 270 g/mol. The van der Waals surface area contributed by atoms with Gasteiger partial charge in [0.2, 0.25) is 0 Å². The van der Waals surface area contributed by atoms with Gasteiger partial charge in [0.05, 0.1) is 11.3 Å². The first kappa shape index (κ1) is 14.1. The van der Waals surface area contributed by atoms with Gasteiger partial charge in [-0.2, -0.15) is 5.26 Å². The largest absolute Gasteiger partial charge is 0.478 e. The first-order valence-electron chi connectivity index (χ1n) is 6.76. The van der Waals surface area contributed by atoms with E-state index in [0.717, 1.165) is 29.8 Å². The van der Waals surface area contributed by atoms with Crippen molar-refractivity contribution in [3.05, 3.63) is 35.4 Å². The van der Waals surface area contributed by atoms with Crippen LogP contribution in [0.2, 0.25) is 0 Å². The highest BCUT2D eigenvalue weighted by molar-refractivity contribution is 5.85. The molecule has 0 amide bonds. The fourth-order valence-electron chi connectivity index (χ4n) is 2.41. The highest BCUT2D eigenvalue weighted by atomic mass is 16.4. The van der Waals surface area contributed by atoms with Crippen LogP contribution in [0.4, 0.5) is 5.69 Å². The van der Waals surface area contributed by atoms with Gasteiger partial charge in [0.25, 0.3) is 0 Å². The zero-order valence-corrected chi connectivity index (χ0v) is 11.5. The van der Waals surface area contributed by atoms with Crippen molar-refractivity contribution in [1.29, 1.82) is 5.26 Å². The van der Waals surface area contributed by atoms with Crippen LogP contribution in [0.25, 0.3) is 6.08 Å². The third-order valence-corrected chi connectivity index (χ3v) is 3.73. The minimum Gasteiger partial charge on any atom is -0.478 e. The predicted octanol–water partition coefficient (Wildman–Crippen LogP) is 2.89. The average Bonchev–Trinajstić information content (AvgIpc) is 2.39. The lowest BCUT2D eigenvalue weighted by molar-refractivity contribution is -0.131. The van der Waals surface area contributed by atoms with Crippen molar-refractivity contribution >= 4 is 17.7 Å². The Morgan fingerprint density at radius 2 is 2.30 bits per heavy atom. The van der Waals surface area contributed by atoms with E-state index in [-0.39, 0.29) is 0 Å². The molecular weight excluding hydrogens is 252 g/mol. The molecule has 0 radical (unpaired) electrons. The van der Waals surface area contributed by atoms with E-state index < -0.39 is 5.97 Å². The summed E-state index contributed by atoms with van der Waals surface area (Å²) in [5.41, 5.74) is 2.22. The lowest BCUT2D eigenvalue weighted by Crippen LogP contribution is -2.29. The van der Waals surface area contributed by atoms with Gasteiger partial charge in [-0.05, 0) is 42.5 Å². The third kappa shape index (κ3) is 3.39. The first-order chi connectivity index (χ1) is 9.60. The van der Waals surface area contributed by atoms with Crippen LogP contribution in [0.15, 0.2) is 24.3 Å². The Morgan fingerprint density at radius 3 is 2.85 bits per heavy atom. The molecule has 0 aromatic heterocycles. The van der Waals surface area contributed by atoms with Crippen LogP contribution in [-0.2, 0) is 4.79 Å². The van der Waals surface area contributed by atoms with E-state index in [4.69, 9.17) is 5.11 Å². The van der Waals surface area contributed by atoms with Crippen LogP contribution in [0.5, 0.6) is 0 Å². The maximum atomic E-state index is 10.5. The quantitative estimate of drug-likeness (QED) is 0.835. The van der Waals surface area contributed by atoms with Gasteiger partial charge in [0, 0.05) is 19.7 Å². The molecule has 1 aliphatic carbocycles. The van der Waals surface area contributed by atoms with Gasteiger partial charge in [-0.3, -0.25) is 0 Å². The summed E-state index contributed by atoms with van der Waals surface area (Å²) in [4.78, 5) is 12.6. The summed E-state index contributed by atoms with van der Waals surface area (Å²) in [5, 5.41) is 17.9. The molecule has 1 aromatic rings. The predicted molar refractivity (Wildman–Crippen MR) is 78.4 cm³/mol. The van der Waals surface area contributed by atoms with E-state index in [0.29, 0.717) is 5.56 Å². The van der Waals surface area contributed by atoms with Gasteiger partial charge >= 0.3 is 5.97 Å². The van der Waals surface area contributed by atoms with E-state index in [1.165, 1.54) is 25.3 Å². The summed E-state index contributed by atoms with van der Waals surface area (Å²) in [7, 11) is 2.00. The maximum Gasteiger partial charge on any atom is 0.328 e. The summed E-state index contributed by atoms with van der Waals surface area (Å²) in [5.74, 6) is -0.257. The van der Waals surface area contributed by atoms with Gasteiger partial charge in [-0.15, -0.1) is 0 Å². The number of nitriles is 1. The summed E-state index contributed by atoms with van der Waals surface area (Å²) in [6, 6.07) is 7.65. The molecule has 1 aromatic carbocycles. The highest BCUT2D eigenvalue weighted by Crippen LogP contribution is 2.29. The number of benzene rings is 1. The second-order valence-electron chi connectivity index (χ2n) is 5.24. The molecule has 0 unspecified atom stereocenters. The average molecular weight is 270 g/mol. The van der Waals surface area contributed by atoms with Crippen molar-refractivity contribution in [3.8, 4) is 6.07 Å². The van der Waals surface area contributed by atoms with E-state index in [1.54, 1.807) is 6.07 Å². The van der Waals surface area contributed by atoms with Gasteiger partial charge in [0.1, 0.15) is 6.07 Å². The van der Waals surface area contributed by atoms with Gasteiger partial charge in [-0.25, -0.2) is 4.79 Å². The fraction of sp³-hybridized carbons (Fsp3) is 0.375. The molecule has 20 heavy (non-hydrogen) atoms. The summed E-state index contributed by atoms with van der Waals surface area (Å²) in [6.07, 6.45) is 6.42. The molecule has 0 aliphatic heterocycles. The number of rotatable bonds is 5. The van der Waals surface area contributed by atoms with Crippen molar-refractivity contribution < 1.29 is 9.90 Å². The van der Waals surface area contributed by atoms with Crippen molar-refractivity contribution in [2.24, 2.45) is 5.92 Å². The van der Waals surface area contributed by atoms with Crippen LogP contribution in [0, 0.1) is 17.2 Å². The number of carbonyl (C=O) groups is 1. The van der Waals surface area contributed by atoms with Crippen LogP contribution >= 0.6 is 0 Å². The number of nitrogens with zero attached hydrogens (tertiary/aromatic N) is 2. The smallest absolute Gasteiger partial charge is 0.328 e. The van der Waals surface area contributed by atoms with Crippen LogP contribution in [0.1, 0.15) is 30.4 Å². The lowest BCUT2D eigenvalue weighted by atomic mass is 9.85. The standard InChI is InChI=1S/C16H18N2O2/c1-18(11-13-3-2-4-13)15-7-5-12(6-8-16(19)20)9-14(15)10-17/h5-9,13H,2-4,11H2,1H3,(H,19,20)/b8-6+. The van der Waals surface area contributed by atoms with Crippen LogP contribution < -0.4 is 4.90 Å². The second kappa shape index (κ2) is 6.25. The van der Waals surface area contributed by atoms with E-state index >= 15 is 0 Å². The number of anilines is 1. The molecule has 0 saturated heterocycles. The molecule has 1 fully saturated rings. The van der Waals surface area contributed by atoms with Gasteiger partial charge < -0.3 is 10.0 Å². The number of hydrogen-bond donors (Lipinski definition) is 1. The third-order valence-electron chi connectivity index (χ3n) is 3.73. The normalized spacial score (nSPS) is 14.8. The summed E-state index contributed by atoms with van der Waals surface area (Å²) in [6.45, 7) is 0.971.